The fraction of sp³-hybridized carbons (Fsp3) is 1.00. The van der Waals surface area contributed by atoms with Crippen molar-refractivity contribution in [1.29, 1.82) is 0 Å². The Morgan fingerprint density at radius 3 is 2.00 bits per heavy atom. The molecule has 4 nitrogen and oxygen atoms in total. The van der Waals surface area contributed by atoms with Crippen LogP contribution >= 0.6 is 0 Å². The number of nitrogens with one attached hydrogen (secondary N) is 1. The molecule has 0 aliphatic carbocycles. The minimum Gasteiger partial charge on any atom is -0.380 e. The Bertz CT molecular complexity index is 159. The molecule has 0 atom stereocenters. The van der Waals surface area contributed by atoms with Gasteiger partial charge in [0.15, 0.2) is 0 Å². The molecule has 110 valence electrons. The fourth-order valence-electron chi connectivity index (χ4n) is 1.95. The van der Waals surface area contributed by atoms with Gasteiger partial charge < -0.3 is 10.1 Å². The van der Waals surface area contributed by atoms with Crippen LogP contribution in [0.4, 0.5) is 0 Å². The van der Waals surface area contributed by atoms with Gasteiger partial charge in [-0.3, -0.25) is 9.80 Å². The molecule has 0 aromatic rings. The van der Waals surface area contributed by atoms with Gasteiger partial charge in [0.05, 0.1) is 6.61 Å². The van der Waals surface area contributed by atoms with Gasteiger partial charge in [-0.05, 0) is 13.5 Å². The molecule has 0 bridgehead atoms. The van der Waals surface area contributed by atoms with Crippen molar-refractivity contribution in [2.45, 2.75) is 27.2 Å². The molecule has 1 N–H and O–H groups in total. The van der Waals surface area contributed by atoms with E-state index in [0.29, 0.717) is 0 Å². The van der Waals surface area contributed by atoms with Crippen LogP contribution in [0.25, 0.3) is 0 Å². The monoisotopic (exact) mass is 259 g/mol. The first kappa shape index (κ1) is 17.8. The summed E-state index contributed by atoms with van der Waals surface area (Å²) >= 11 is 0. The first-order chi connectivity index (χ1) is 8.86. The number of likely N-dealkylation sites (N-methyl/N-ethyl adjacent to an activating group) is 1. The maximum atomic E-state index is 5.51. The van der Waals surface area contributed by atoms with Gasteiger partial charge in [0.2, 0.25) is 0 Å². The summed E-state index contributed by atoms with van der Waals surface area (Å²) in [7, 11) is 2.02. The van der Waals surface area contributed by atoms with Gasteiger partial charge in [0.25, 0.3) is 0 Å². The van der Waals surface area contributed by atoms with Crippen LogP contribution in [-0.4, -0.2) is 75.9 Å². The lowest BCUT2D eigenvalue weighted by atomic mass is 10.3. The standard InChI is InChI=1S/C12H27N3O.C2H6/c1-3-11-16-12-10-15-8-6-14(7-9-15)5-4-13-2;1-2/h13H,3-12H2,1-2H3;1-2H3. The summed E-state index contributed by atoms with van der Waals surface area (Å²) < 4.78 is 5.51. The number of piperazine rings is 1. The maximum absolute atomic E-state index is 5.51. The average Bonchev–Trinajstić information content (AvgIpc) is 2.45. The Morgan fingerprint density at radius 2 is 1.50 bits per heavy atom. The molecule has 0 spiro atoms. The first-order valence-electron chi connectivity index (χ1n) is 7.54. The third-order valence-corrected chi connectivity index (χ3v) is 3.04. The van der Waals surface area contributed by atoms with Gasteiger partial charge in [0.1, 0.15) is 0 Å². The molecule has 0 aromatic heterocycles. The van der Waals surface area contributed by atoms with Crippen molar-refractivity contribution in [2.75, 3.05) is 66.1 Å². The van der Waals surface area contributed by atoms with E-state index >= 15 is 0 Å². The third kappa shape index (κ3) is 8.86. The molecular formula is C14H33N3O. The summed E-state index contributed by atoms with van der Waals surface area (Å²) in [6.45, 7) is 16.1. The van der Waals surface area contributed by atoms with Crippen molar-refractivity contribution in [1.82, 2.24) is 15.1 Å². The summed E-state index contributed by atoms with van der Waals surface area (Å²) in [5, 5.41) is 3.20. The van der Waals surface area contributed by atoms with Gasteiger partial charge in [-0.15, -0.1) is 0 Å². The zero-order valence-corrected chi connectivity index (χ0v) is 12.9. The number of rotatable bonds is 8. The molecule has 0 amide bonds. The molecule has 1 aliphatic rings. The Kier molecular flexibility index (Phi) is 13.2. The van der Waals surface area contributed by atoms with E-state index in [1.165, 1.54) is 32.7 Å². The van der Waals surface area contributed by atoms with E-state index in [9.17, 15) is 0 Å². The molecule has 0 radical (unpaired) electrons. The van der Waals surface area contributed by atoms with Gasteiger partial charge in [-0.25, -0.2) is 0 Å². The van der Waals surface area contributed by atoms with E-state index < -0.39 is 0 Å². The molecule has 1 aliphatic heterocycles. The quantitative estimate of drug-likeness (QED) is 0.665. The molecule has 4 heteroatoms. The minimum atomic E-state index is 0.893. The highest BCUT2D eigenvalue weighted by Crippen LogP contribution is 2.00. The molecule has 1 rings (SSSR count). The smallest absolute Gasteiger partial charge is 0.0593 e. The minimum absolute atomic E-state index is 0.893. The molecule has 0 unspecified atom stereocenters. The second kappa shape index (κ2) is 13.3. The van der Waals surface area contributed by atoms with Crippen LogP contribution < -0.4 is 5.32 Å². The Labute approximate surface area is 114 Å². The zero-order chi connectivity index (χ0) is 13.6. The maximum Gasteiger partial charge on any atom is 0.0593 e. The van der Waals surface area contributed by atoms with Crippen LogP contribution in [0.1, 0.15) is 27.2 Å². The van der Waals surface area contributed by atoms with Gasteiger partial charge in [-0.1, -0.05) is 20.8 Å². The van der Waals surface area contributed by atoms with Crippen molar-refractivity contribution in [3.63, 3.8) is 0 Å². The second-order valence-electron chi connectivity index (χ2n) is 4.40. The topological polar surface area (TPSA) is 27.7 Å². The molecule has 1 saturated heterocycles. The molecule has 0 aromatic carbocycles. The van der Waals surface area contributed by atoms with E-state index in [-0.39, 0.29) is 0 Å². The second-order valence-corrected chi connectivity index (χ2v) is 4.40. The third-order valence-electron chi connectivity index (χ3n) is 3.04. The van der Waals surface area contributed by atoms with Crippen LogP contribution in [0.15, 0.2) is 0 Å². The van der Waals surface area contributed by atoms with Crippen molar-refractivity contribution < 1.29 is 4.74 Å². The number of nitrogens with zero attached hydrogens (tertiary/aromatic N) is 2. The summed E-state index contributed by atoms with van der Waals surface area (Å²) in [5.74, 6) is 0. The number of hydrogen-bond acceptors (Lipinski definition) is 4. The first-order valence-corrected chi connectivity index (χ1v) is 7.54. The molecule has 18 heavy (non-hydrogen) atoms. The Balaban J connectivity index is 0.00000137. The fourth-order valence-corrected chi connectivity index (χ4v) is 1.95. The predicted octanol–water partition coefficient (Wildman–Crippen LogP) is 1.28. The zero-order valence-electron chi connectivity index (χ0n) is 12.9. The van der Waals surface area contributed by atoms with E-state index in [0.717, 1.165) is 32.7 Å². The highest BCUT2D eigenvalue weighted by molar-refractivity contribution is 4.71. The summed E-state index contributed by atoms with van der Waals surface area (Å²) in [6, 6.07) is 0. The molecule has 1 heterocycles. The van der Waals surface area contributed by atoms with Crippen LogP contribution in [-0.2, 0) is 4.74 Å². The van der Waals surface area contributed by atoms with Crippen molar-refractivity contribution >= 4 is 0 Å². The van der Waals surface area contributed by atoms with Crippen LogP contribution in [0, 0.1) is 0 Å². The molecule has 1 fully saturated rings. The van der Waals surface area contributed by atoms with E-state index in [4.69, 9.17) is 4.74 Å². The van der Waals surface area contributed by atoms with Crippen LogP contribution in [0.5, 0.6) is 0 Å². The van der Waals surface area contributed by atoms with Crippen molar-refractivity contribution in [3.8, 4) is 0 Å². The summed E-state index contributed by atoms with van der Waals surface area (Å²) in [4.78, 5) is 5.03. The van der Waals surface area contributed by atoms with E-state index in [2.05, 4.69) is 22.0 Å². The van der Waals surface area contributed by atoms with Gasteiger partial charge >= 0.3 is 0 Å². The van der Waals surface area contributed by atoms with E-state index in [1.54, 1.807) is 0 Å². The van der Waals surface area contributed by atoms with E-state index in [1.807, 2.05) is 20.9 Å². The largest absolute Gasteiger partial charge is 0.380 e. The lowest BCUT2D eigenvalue weighted by Crippen LogP contribution is -2.48. The van der Waals surface area contributed by atoms with Crippen LogP contribution in [0.2, 0.25) is 0 Å². The lowest BCUT2D eigenvalue weighted by Gasteiger charge is -2.34. The summed E-state index contributed by atoms with van der Waals surface area (Å²) in [5.41, 5.74) is 0. The summed E-state index contributed by atoms with van der Waals surface area (Å²) in [6.07, 6.45) is 1.12. The predicted molar refractivity (Wildman–Crippen MR) is 79.3 cm³/mol. The average molecular weight is 259 g/mol. The Morgan fingerprint density at radius 1 is 0.944 bits per heavy atom. The highest BCUT2D eigenvalue weighted by Gasteiger charge is 2.15. The van der Waals surface area contributed by atoms with Gasteiger partial charge in [-0.2, -0.15) is 0 Å². The molecular weight excluding hydrogens is 226 g/mol. The lowest BCUT2D eigenvalue weighted by molar-refractivity contribution is 0.0762. The van der Waals surface area contributed by atoms with Crippen molar-refractivity contribution in [2.24, 2.45) is 0 Å². The Hall–Kier alpha value is -0.160. The van der Waals surface area contributed by atoms with Crippen LogP contribution in [0.3, 0.4) is 0 Å². The SMILES string of the molecule is CC.CCCOCCN1CCN(CCNC)CC1. The van der Waals surface area contributed by atoms with Gasteiger partial charge in [0, 0.05) is 52.4 Å². The number of hydrogen-bond donors (Lipinski definition) is 1. The van der Waals surface area contributed by atoms with Crippen molar-refractivity contribution in [3.05, 3.63) is 0 Å². The normalized spacial score (nSPS) is 17.3. The highest BCUT2D eigenvalue weighted by atomic mass is 16.5. The molecule has 0 saturated carbocycles. The number of ether oxygens (including phenoxy) is 1.